The maximum absolute atomic E-state index is 13.0. The van der Waals surface area contributed by atoms with Crippen LogP contribution in [0.4, 0.5) is 14.9 Å². The first-order valence-electron chi connectivity index (χ1n) is 5.50. The predicted molar refractivity (Wildman–Crippen MR) is 81.6 cm³/mol. The van der Waals surface area contributed by atoms with E-state index in [1.165, 1.54) is 34.5 Å². The molecule has 1 heterocycles. The Kier molecular flexibility index (Phi) is 4.71. The van der Waals surface area contributed by atoms with E-state index in [2.05, 4.69) is 5.43 Å². The summed E-state index contributed by atoms with van der Waals surface area (Å²) in [7, 11) is 0. The Morgan fingerprint density at radius 2 is 1.95 bits per heavy atom. The number of hydrogen-bond donors (Lipinski definition) is 1. The summed E-state index contributed by atoms with van der Waals surface area (Å²) in [4.78, 5) is 13.7. The fourth-order valence-electron chi connectivity index (χ4n) is 1.83. The van der Waals surface area contributed by atoms with Crippen LogP contribution in [0.15, 0.2) is 24.3 Å². The summed E-state index contributed by atoms with van der Waals surface area (Å²) in [5, 5.41) is 2.34. The van der Waals surface area contributed by atoms with Crippen molar-refractivity contribution in [2.45, 2.75) is 16.5 Å². The number of nitrogens with one attached hydrogen (secondary N) is 1. The minimum absolute atomic E-state index is 0.357. The molecule has 4 nitrogen and oxygen atoms in total. The third-order valence-electron chi connectivity index (χ3n) is 2.66. The van der Waals surface area contributed by atoms with Gasteiger partial charge in [0.1, 0.15) is 12.0 Å². The van der Waals surface area contributed by atoms with Crippen LogP contribution in [0.1, 0.15) is 6.42 Å². The van der Waals surface area contributed by atoms with Gasteiger partial charge in [-0.25, -0.2) is 19.6 Å². The number of amides is 2. The summed E-state index contributed by atoms with van der Waals surface area (Å²) >= 11 is 22.0. The number of hydrogen-bond acceptors (Lipinski definition) is 3. The molecule has 20 heavy (non-hydrogen) atoms. The van der Waals surface area contributed by atoms with Crippen LogP contribution in [0.3, 0.4) is 0 Å². The summed E-state index contributed by atoms with van der Waals surface area (Å²) < 4.78 is 11.0. The highest BCUT2D eigenvalue weighted by Gasteiger charge is 2.46. The monoisotopic (exact) mass is 355 g/mol. The minimum atomic E-state index is -1.94. The van der Waals surface area contributed by atoms with Gasteiger partial charge >= 0.3 is 6.03 Å². The molecule has 0 spiro atoms. The Bertz CT molecular complexity index is 523. The van der Waals surface area contributed by atoms with E-state index in [1.807, 2.05) is 0 Å². The smallest absolute Gasteiger partial charge is 0.275 e. The van der Waals surface area contributed by atoms with Crippen molar-refractivity contribution in [3.05, 3.63) is 30.1 Å². The standard InChI is InChI=1S/C11H9Cl3FN3OS/c12-11(13,14)18-10(19)17(9(16-18)5-6-20)8-3-1-7(15)2-4-8/h1-4,6,9,16H,5H2. The molecule has 108 valence electrons. The molecule has 0 saturated carbocycles. The van der Waals surface area contributed by atoms with Gasteiger partial charge in [-0.05, 0) is 29.6 Å². The summed E-state index contributed by atoms with van der Waals surface area (Å²) in [6.45, 7) is 0. The molecule has 1 aromatic carbocycles. The highest BCUT2D eigenvalue weighted by molar-refractivity contribution is 7.78. The minimum Gasteiger partial charge on any atom is -0.275 e. The van der Waals surface area contributed by atoms with Crippen molar-refractivity contribution in [2.75, 3.05) is 4.90 Å². The van der Waals surface area contributed by atoms with E-state index in [0.29, 0.717) is 12.1 Å². The van der Waals surface area contributed by atoms with E-state index < -0.39 is 21.9 Å². The molecule has 1 atom stereocenters. The van der Waals surface area contributed by atoms with Crippen molar-refractivity contribution >= 4 is 64.1 Å². The van der Waals surface area contributed by atoms with Gasteiger partial charge in [0, 0.05) is 12.1 Å². The van der Waals surface area contributed by atoms with Crippen LogP contribution in [0.2, 0.25) is 0 Å². The van der Waals surface area contributed by atoms with Crippen molar-refractivity contribution in [3.63, 3.8) is 0 Å². The molecule has 0 bridgehead atoms. The highest BCUT2D eigenvalue weighted by Crippen LogP contribution is 2.35. The molecular formula is C11H9Cl3FN3OS. The van der Waals surface area contributed by atoms with Crippen molar-refractivity contribution < 1.29 is 9.18 Å². The van der Waals surface area contributed by atoms with Crippen LogP contribution in [0.5, 0.6) is 0 Å². The number of thiocarbonyl (C=S) groups is 1. The van der Waals surface area contributed by atoms with Gasteiger partial charge in [-0.3, -0.25) is 4.90 Å². The fraction of sp³-hybridized carbons (Fsp3) is 0.273. The summed E-state index contributed by atoms with van der Waals surface area (Å²) in [5.41, 5.74) is 3.24. The third kappa shape index (κ3) is 3.15. The van der Waals surface area contributed by atoms with Gasteiger partial charge in [0.05, 0.1) is 0 Å². The molecule has 0 radical (unpaired) electrons. The van der Waals surface area contributed by atoms with Crippen LogP contribution < -0.4 is 10.3 Å². The van der Waals surface area contributed by atoms with Crippen LogP contribution in [0.25, 0.3) is 0 Å². The maximum atomic E-state index is 13.0. The molecule has 1 unspecified atom stereocenters. The molecule has 1 fully saturated rings. The Morgan fingerprint density at radius 3 is 2.45 bits per heavy atom. The number of carbonyl (C=O) groups excluding carboxylic acids is 1. The van der Waals surface area contributed by atoms with Gasteiger partial charge in [-0.1, -0.05) is 47.0 Å². The Hall–Kier alpha value is -0.660. The number of nitrogens with zero attached hydrogens (tertiary/aromatic N) is 2. The van der Waals surface area contributed by atoms with E-state index in [-0.39, 0.29) is 0 Å². The number of urea groups is 1. The average molecular weight is 357 g/mol. The zero-order chi connectivity index (χ0) is 14.9. The quantitative estimate of drug-likeness (QED) is 0.510. The average Bonchev–Trinajstić information content (AvgIpc) is 2.68. The topological polar surface area (TPSA) is 35.6 Å². The molecule has 0 aliphatic carbocycles. The lowest BCUT2D eigenvalue weighted by atomic mass is 10.2. The normalized spacial score (nSPS) is 19.6. The van der Waals surface area contributed by atoms with Gasteiger partial charge in [-0.15, -0.1) is 0 Å². The molecule has 1 aromatic rings. The van der Waals surface area contributed by atoms with Gasteiger partial charge in [-0.2, -0.15) is 0 Å². The van der Waals surface area contributed by atoms with Gasteiger partial charge < -0.3 is 0 Å². The number of halogens is 4. The maximum Gasteiger partial charge on any atom is 0.343 e. The number of carbonyl (C=O) groups is 1. The lowest BCUT2D eigenvalue weighted by molar-refractivity contribution is 0.199. The zero-order valence-corrected chi connectivity index (χ0v) is 13.0. The first kappa shape index (κ1) is 15.7. The molecule has 2 amide bonds. The van der Waals surface area contributed by atoms with Crippen molar-refractivity contribution in [1.29, 1.82) is 0 Å². The summed E-state index contributed by atoms with van der Waals surface area (Å²) in [5.74, 6) is -0.405. The van der Waals surface area contributed by atoms with Crippen LogP contribution in [0, 0.1) is 5.82 Å². The van der Waals surface area contributed by atoms with E-state index in [4.69, 9.17) is 47.0 Å². The second-order valence-electron chi connectivity index (χ2n) is 3.98. The number of anilines is 1. The Balaban J connectivity index is 2.35. The Labute approximate surface area is 135 Å². The molecule has 1 aliphatic heterocycles. The molecule has 0 aromatic heterocycles. The first-order valence-corrected chi connectivity index (χ1v) is 7.10. The summed E-state index contributed by atoms with van der Waals surface area (Å²) in [6, 6.07) is 4.86. The molecule has 1 saturated heterocycles. The highest BCUT2D eigenvalue weighted by atomic mass is 35.6. The predicted octanol–water partition coefficient (Wildman–Crippen LogP) is 3.62. The van der Waals surface area contributed by atoms with Crippen LogP contribution in [-0.2, 0) is 0 Å². The Morgan fingerprint density at radius 1 is 1.35 bits per heavy atom. The lowest BCUT2D eigenvalue weighted by Crippen LogP contribution is -2.45. The van der Waals surface area contributed by atoms with E-state index in [1.54, 1.807) is 0 Å². The molecule has 2 rings (SSSR count). The molecule has 9 heteroatoms. The van der Waals surface area contributed by atoms with Crippen molar-refractivity contribution in [3.8, 4) is 0 Å². The number of benzene rings is 1. The van der Waals surface area contributed by atoms with E-state index in [0.717, 1.165) is 5.01 Å². The lowest BCUT2D eigenvalue weighted by Gasteiger charge is -2.23. The molecule has 1 aliphatic rings. The second-order valence-corrected chi connectivity index (χ2v) is 6.53. The van der Waals surface area contributed by atoms with Gasteiger partial charge in [0.15, 0.2) is 0 Å². The summed E-state index contributed by atoms with van der Waals surface area (Å²) in [6.07, 6.45) is -0.142. The van der Waals surface area contributed by atoms with Crippen molar-refractivity contribution in [1.82, 2.24) is 10.4 Å². The van der Waals surface area contributed by atoms with Crippen molar-refractivity contribution in [2.24, 2.45) is 0 Å². The van der Waals surface area contributed by atoms with Crippen LogP contribution >= 0.6 is 47.0 Å². The van der Waals surface area contributed by atoms with Gasteiger partial charge in [0.2, 0.25) is 0 Å². The number of alkyl halides is 3. The largest absolute Gasteiger partial charge is 0.343 e. The van der Waals surface area contributed by atoms with E-state index >= 15 is 0 Å². The molecule has 1 N–H and O–H groups in total. The SMILES string of the molecule is O=C1N(c2ccc(F)cc2)C(CC=S)NN1C(Cl)(Cl)Cl. The number of hydrazine groups is 1. The third-order valence-corrected chi connectivity index (χ3v) is 3.36. The molecular weight excluding hydrogens is 348 g/mol. The zero-order valence-electron chi connectivity index (χ0n) is 9.89. The fourth-order valence-corrected chi connectivity index (χ4v) is 2.37. The second kappa shape index (κ2) is 5.99. The van der Waals surface area contributed by atoms with E-state index in [9.17, 15) is 9.18 Å². The van der Waals surface area contributed by atoms with Gasteiger partial charge in [0.25, 0.3) is 3.92 Å². The first-order chi connectivity index (χ1) is 9.34. The number of rotatable bonds is 3. The van der Waals surface area contributed by atoms with Crippen LogP contribution in [-0.4, -0.2) is 26.5 Å².